The zero-order valence-corrected chi connectivity index (χ0v) is 17.7. The van der Waals surface area contributed by atoms with Crippen LogP contribution in [0.25, 0.3) is 16.5 Å². The lowest BCUT2D eigenvalue weighted by atomic mass is 9.94. The van der Waals surface area contributed by atoms with Gasteiger partial charge in [-0.15, -0.1) is 0 Å². The number of benzene rings is 2. The number of hydrogen-bond donors (Lipinski definition) is 1. The van der Waals surface area contributed by atoms with Gasteiger partial charge in [0.25, 0.3) is 0 Å². The fraction of sp³-hybridized carbons (Fsp3) is 0.320. The van der Waals surface area contributed by atoms with Gasteiger partial charge in [-0.25, -0.2) is 0 Å². The van der Waals surface area contributed by atoms with Gasteiger partial charge in [-0.3, -0.25) is 4.79 Å². The number of nitrogens with one attached hydrogen (secondary N) is 1. The van der Waals surface area contributed by atoms with Gasteiger partial charge in [0, 0.05) is 46.8 Å². The van der Waals surface area contributed by atoms with Crippen LogP contribution in [0, 0.1) is 0 Å². The third-order valence-corrected chi connectivity index (χ3v) is 5.77. The number of carbonyl (C=O) groups excluding carboxylic acids is 1. The molecule has 1 aliphatic heterocycles. The topological polar surface area (TPSA) is 69.9 Å². The van der Waals surface area contributed by atoms with Gasteiger partial charge in [-0.05, 0) is 56.9 Å². The lowest BCUT2D eigenvalue weighted by molar-refractivity contribution is -0.111. The molecule has 0 fully saturated rings. The average Bonchev–Trinajstić information content (AvgIpc) is 3.36. The fourth-order valence-electron chi connectivity index (χ4n) is 4.30. The molecule has 6 heteroatoms. The van der Waals surface area contributed by atoms with E-state index < -0.39 is 0 Å². The third-order valence-electron chi connectivity index (χ3n) is 5.77. The number of rotatable bonds is 5. The minimum Gasteiger partial charge on any atom is -0.493 e. The molecule has 2 aromatic carbocycles. The smallest absolute Gasteiger partial charge is 0.248 e. The number of anilines is 1. The predicted molar refractivity (Wildman–Crippen MR) is 119 cm³/mol. The fourth-order valence-corrected chi connectivity index (χ4v) is 4.30. The maximum Gasteiger partial charge on any atom is 0.248 e. The van der Waals surface area contributed by atoms with Crippen LogP contribution in [-0.4, -0.2) is 19.3 Å². The number of allylic oxidation sites excluding steroid dienone is 1. The van der Waals surface area contributed by atoms with Crippen molar-refractivity contribution in [2.45, 2.75) is 39.5 Å². The second kappa shape index (κ2) is 8.02. The van der Waals surface area contributed by atoms with Gasteiger partial charge in [0.2, 0.25) is 12.7 Å². The molecule has 6 nitrogen and oxygen atoms in total. The van der Waals surface area contributed by atoms with Crippen molar-refractivity contribution in [1.29, 1.82) is 0 Å². The summed E-state index contributed by atoms with van der Waals surface area (Å²) in [5.41, 5.74) is 4.54. The summed E-state index contributed by atoms with van der Waals surface area (Å²) in [7, 11) is 0. The molecule has 0 bridgehead atoms. The minimum absolute atomic E-state index is 0.201. The van der Waals surface area contributed by atoms with Crippen molar-refractivity contribution in [3.8, 4) is 17.2 Å². The Morgan fingerprint density at radius 2 is 1.97 bits per heavy atom. The third kappa shape index (κ3) is 3.74. The number of amides is 1. The Morgan fingerprint density at radius 3 is 2.84 bits per heavy atom. The normalized spacial score (nSPS) is 15.1. The summed E-state index contributed by atoms with van der Waals surface area (Å²) in [6, 6.07) is 9.41. The Kier molecular flexibility index (Phi) is 5.06. The molecule has 0 saturated carbocycles. The van der Waals surface area contributed by atoms with E-state index in [2.05, 4.69) is 11.4 Å². The van der Waals surface area contributed by atoms with Crippen molar-refractivity contribution in [1.82, 2.24) is 0 Å². The molecule has 3 aromatic rings. The van der Waals surface area contributed by atoms with E-state index in [0.717, 1.165) is 52.9 Å². The quantitative estimate of drug-likeness (QED) is 0.555. The van der Waals surface area contributed by atoms with E-state index >= 15 is 0 Å². The first kappa shape index (κ1) is 19.5. The minimum atomic E-state index is -0.215. The van der Waals surface area contributed by atoms with Crippen LogP contribution >= 0.6 is 0 Å². The molecule has 0 saturated heterocycles. The highest BCUT2D eigenvalue weighted by molar-refractivity contribution is 6.05. The van der Waals surface area contributed by atoms with Gasteiger partial charge < -0.3 is 23.9 Å². The summed E-state index contributed by atoms with van der Waals surface area (Å²) in [5.74, 6) is 2.91. The molecular weight excluding hydrogens is 394 g/mol. The van der Waals surface area contributed by atoms with E-state index in [-0.39, 0.29) is 12.7 Å². The maximum absolute atomic E-state index is 12.7. The van der Waals surface area contributed by atoms with E-state index in [4.69, 9.17) is 18.6 Å². The van der Waals surface area contributed by atoms with Gasteiger partial charge in [0.15, 0.2) is 11.5 Å². The molecule has 160 valence electrons. The molecule has 1 aliphatic carbocycles. The van der Waals surface area contributed by atoms with E-state index in [1.54, 1.807) is 24.3 Å². The first-order chi connectivity index (χ1) is 15.1. The molecule has 0 spiro atoms. The van der Waals surface area contributed by atoms with Crippen LogP contribution in [0.2, 0.25) is 0 Å². The van der Waals surface area contributed by atoms with E-state index in [9.17, 15) is 4.79 Å². The second-order valence-electron chi connectivity index (χ2n) is 7.87. The van der Waals surface area contributed by atoms with Crippen molar-refractivity contribution in [2.24, 2.45) is 0 Å². The standard InChI is InChI=1S/C25H25NO5/c1-3-28-22-13-23-19(17-6-4-5-7-20(17)31-23)12-18(22)15(2)10-25(27)26-16-8-9-21-24(11-16)30-14-29-21/h8-13H,3-7,14H2,1-2H3,(H,26,27)/b15-10+. The van der Waals surface area contributed by atoms with Gasteiger partial charge in [-0.2, -0.15) is 0 Å². The first-order valence-corrected chi connectivity index (χ1v) is 10.7. The van der Waals surface area contributed by atoms with Crippen molar-refractivity contribution >= 4 is 28.1 Å². The molecule has 1 N–H and O–H groups in total. The summed E-state index contributed by atoms with van der Waals surface area (Å²) in [4.78, 5) is 12.7. The van der Waals surface area contributed by atoms with Crippen LogP contribution < -0.4 is 19.5 Å². The monoisotopic (exact) mass is 419 g/mol. The molecule has 2 aliphatic rings. The SMILES string of the molecule is CCOc1cc2oc3c(c2cc1/C(C)=C/C(=O)Nc1ccc2c(c1)OCO2)CCCC3. The van der Waals surface area contributed by atoms with Gasteiger partial charge in [0.05, 0.1) is 6.61 Å². The number of ether oxygens (including phenoxy) is 3. The van der Waals surface area contributed by atoms with Crippen molar-refractivity contribution in [2.75, 3.05) is 18.7 Å². The molecule has 1 amide bonds. The van der Waals surface area contributed by atoms with Crippen LogP contribution in [0.4, 0.5) is 5.69 Å². The van der Waals surface area contributed by atoms with Crippen LogP contribution in [-0.2, 0) is 17.6 Å². The molecule has 31 heavy (non-hydrogen) atoms. The number of furan rings is 1. The Labute approximate surface area is 180 Å². The summed E-state index contributed by atoms with van der Waals surface area (Å²) in [6.45, 7) is 4.61. The first-order valence-electron chi connectivity index (χ1n) is 10.7. The Balaban J connectivity index is 1.45. The molecule has 2 heterocycles. The average molecular weight is 419 g/mol. The maximum atomic E-state index is 12.7. The van der Waals surface area contributed by atoms with Gasteiger partial charge in [0.1, 0.15) is 17.1 Å². The summed E-state index contributed by atoms with van der Waals surface area (Å²) >= 11 is 0. The van der Waals surface area contributed by atoms with Crippen LogP contribution in [0.1, 0.15) is 43.6 Å². The lowest BCUT2D eigenvalue weighted by Gasteiger charge is -2.12. The largest absolute Gasteiger partial charge is 0.493 e. The van der Waals surface area contributed by atoms with Crippen molar-refractivity contribution < 1.29 is 23.4 Å². The number of fused-ring (bicyclic) bond motifs is 4. The van der Waals surface area contributed by atoms with Crippen molar-refractivity contribution in [3.63, 3.8) is 0 Å². The molecule has 5 rings (SSSR count). The van der Waals surface area contributed by atoms with E-state index in [1.807, 2.05) is 19.9 Å². The lowest BCUT2D eigenvalue weighted by Crippen LogP contribution is -2.08. The summed E-state index contributed by atoms with van der Waals surface area (Å²) < 4.78 is 22.7. The zero-order chi connectivity index (χ0) is 21.4. The highest BCUT2D eigenvalue weighted by Gasteiger charge is 2.21. The Hall–Kier alpha value is -3.41. The highest BCUT2D eigenvalue weighted by atomic mass is 16.7. The number of hydrogen-bond acceptors (Lipinski definition) is 5. The Bertz CT molecular complexity index is 1190. The summed E-state index contributed by atoms with van der Waals surface area (Å²) in [6.07, 6.45) is 5.95. The number of aryl methyl sites for hydroxylation is 2. The van der Waals surface area contributed by atoms with Gasteiger partial charge >= 0.3 is 0 Å². The zero-order valence-electron chi connectivity index (χ0n) is 17.7. The highest BCUT2D eigenvalue weighted by Crippen LogP contribution is 2.38. The molecular formula is C25H25NO5. The molecule has 0 radical (unpaired) electrons. The summed E-state index contributed by atoms with van der Waals surface area (Å²) in [5, 5.41) is 4.02. The Morgan fingerprint density at radius 1 is 1.13 bits per heavy atom. The molecule has 0 atom stereocenters. The van der Waals surface area contributed by atoms with Crippen LogP contribution in [0.5, 0.6) is 17.2 Å². The number of carbonyl (C=O) groups is 1. The van der Waals surface area contributed by atoms with E-state index in [1.165, 1.54) is 12.0 Å². The second-order valence-corrected chi connectivity index (χ2v) is 7.87. The van der Waals surface area contributed by atoms with Crippen LogP contribution in [0.3, 0.4) is 0 Å². The van der Waals surface area contributed by atoms with Crippen molar-refractivity contribution in [3.05, 3.63) is 53.3 Å². The predicted octanol–water partition coefficient (Wildman–Crippen LogP) is 5.48. The molecule has 0 unspecified atom stereocenters. The van der Waals surface area contributed by atoms with Gasteiger partial charge in [-0.1, -0.05) is 0 Å². The van der Waals surface area contributed by atoms with Crippen LogP contribution in [0.15, 0.2) is 40.8 Å². The van der Waals surface area contributed by atoms with E-state index in [0.29, 0.717) is 23.8 Å². The molecule has 1 aromatic heterocycles.